The van der Waals surface area contributed by atoms with Crippen molar-refractivity contribution in [2.75, 3.05) is 5.75 Å². The normalized spacial score (nSPS) is 12.5. The Morgan fingerprint density at radius 1 is 1.69 bits per heavy atom. The Balaban J connectivity index is 0. The molecule has 1 atom stereocenters. The van der Waals surface area contributed by atoms with Crippen molar-refractivity contribution in [3.63, 3.8) is 0 Å². The second-order valence-corrected chi connectivity index (χ2v) is 3.86. The minimum Gasteiger partial charge on any atom is -0.349 e. The second kappa shape index (κ2) is 6.56. The first kappa shape index (κ1) is 15.6. The smallest absolute Gasteiger partial charge is 0.266 e. The monoisotopic (exact) mass is 216 g/mol. The van der Waals surface area contributed by atoms with Crippen LogP contribution in [0.1, 0.15) is 6.92 Å². The van der Waals surface area contributed by atoms with Gasteiger partial charge in [-0.1, -0.05) is 6.58 Å². The van der Waals surface area contributed by atoms with E-state index in [1.54, 1.807) is 0 Å². The van der Waals surface area contributed by atoms with Gasteiger partial charge >= 0.3 is 0 Å². The van der Waals surface area contributed by atoms with Crippen LogP contribution in [0.2, 0.25) is 0 Å². The molecule has 0 heterocycles. The molecule has 2 N–H and O–H groups in total. The van der Waals surface area contributed by atoms with E-state index in [2.05, 4.69) is 11.9 Å². The number of carbonyl (C=O) groups excluding carboxylic acids is 1. The Labute approximate surface area is 99.6 Å². The van der Waals surface area contributed by atoms with Crippen LogP contribution in [0, 0.1) is 0 Å². The van der Waals surface area contributed by atoms with Crippen LogP contribution in [0.25, 0.3) is 0 Å². The van der Waals surface area contributed by atoms with Gasteiger partial charge in [-0.25, -0.2) is 0 Å². The first-order valence-corrected chi connectivity index (χ1v) is 4.84. The third kappa shape index (κ3) is 10.0. The number of rotatable bonds is 4. The van der Waals surface area contributed by atoms with Gasteiger partial charge in [0.1, 0.15) is 0 Å². The number of amides is 1. The third-order valence-electron chi connectivity index (χ3n) is 1.03. The molecular formula is C6H11NNaO4S. The molecule has 0 aliphatic rings. The summed E-state index contributed by atoms with van der Waals surface area (Å²) in [5, 5.41) is 2.29. The minimum atomic E-state index is -4.03. The van der Waals surface area contributed by atoms with Crippen molar-refractivity contribution in [1.29, 1.82) is 0 Å². The van der Waals surface area contributed by atoms with Crippen LogP contribution in [0.4, 0.5) is 0 Å². The second-order valence-electron chi connectivity index (χ2n) is 2.36. The van der Waals surface area contributed by atoms with Gasteiger partial charge in [-0.2, -0.15) is 8.42 Å². The molecular weight excluding hydrogens is 205 g/mol. The van der Waals surface area contributed by atoms with Gasteiger partial charge in [-0.15, -0.1) is 0 Å². The SMILES string of the molecule is C=CC(=O)NC(C)CS(=O)(=O)O.[Na]. The molecule has 0 bridgehead atoms. The van der Waals surface area contributed by atoms with Gasteiger partial charge < -0.3 is 5.32 Å². The van der Waals surface area contributed by atoms with Crippen molar-refractivity contribution in [3.8, 4) is 0 Å². The maximum absolute atomic E-state index is 10.6. The molecule has 0 aromatic carbocycles. The van der Waals surface area contributed by atoms with E-state index in [-0.39, 0.29) is 29.6 Å². The molecule has 13 heavy (non-hydrogen) atoms. The van der Waals surface area contributed by atoms with E-state index >= 15 is 0 Å². The maximum atomic E-state index is 10.6. The van der Waals surface area contributed by atoms with Crippen LogP contribution in [-0.4, -0.2) is 60.2 Å². The van der Waals surface area contributed by atoms with E-state index < -0.39 is 27.8 Å². The summed E-state index contributed by atoms with van der Waals surface area (Å²) in [7, 11) is -4.03. The zero-order valence-corrected chi connectivity index (χ0v) is 10.5. The average Bonchev–Trinajstić information content (AvgIpc) is 1.82. The fourth-order valence-electron chi connectivity index (χ4n) is 0.659. The summed E-state index contributed by atoms with van der Waals surface area (Å²) in [5.74, 6) is -0.960. The van der Waals surface area contributed by atoms with Crippen LogP contribution in [0.3, 0.4) is 0 Å². The van der Waals surface area contributed by atoms with Crippen LogP contribution in [0.15, 0.2) is 12.7 Å². The van der Waals surface area contributed by atoms with Gasteiger partial charge in [0.15, 0.2) is 0 Å². The number of hydrogen-bond acceptors (Lipinski definition) is 3. The molecule has 1 amide bonds. The van der Waals surface area contributed by atoms with Crippen LogP contribution in [0.5, 0.6) is 0 Å². The molecule has 0 saturated carbocycles. The van der Waals surface area contributed by atoms with Crippen LogP contribution < -0.4 is 5.32 Å². The summed E-state index contributed by atoms with van der Waals surface area (Å²) in [4.78, 5) is 10.6. The molecule has 0 saturated heterocycles. The summed E-state index contributed by atoms with van der Waals surface area (Å²) < 4.78 is 28.9. The maximum Gasteiger partial charge on any atom is 0.266 e. The molecule has 5 nitrogen and oxygen atoms in total. The molecule has 0 aromatic rings. The molecule has 0 rings (SSSR count). The summed E-state index contributed by atoms with van der Waals surface area (Å²) in [6.45, 7) is 4.65. The molecule has 71 valence electrons. The fourth-order valence-corrected chi connectivity index (χ4v) is 1.37. The molecule has 1 unspecified atom stereocenters. The zero-order chi connectivity index (χ0) is 9.78. The van der Waals surface area contributed by atoms with Crippen molar-refractivity contribution in [1.82, 2.24) is 5.32 Å². The Kier molecular flexibility index (Phi) is 7.86. The van der Waals surface area contributed by atoms with Crippen molar-refractivity contribution >= 4 is 45.6 Å². The molecule has 7 heteroatoms. The summed E-state index contributed by atoms with van der Waals surface area (Å²) in [5.41, 5.74) is 0. The molecule has 0 fully saturated rings. The predicted molar refractivity (Wildman–Crippen MR) is 50.0 cm³/mol. The van der Waals surface area contributed by atoms with Gasteiger partial charge in [0, 0.05) is 35.6 Å². The predicted octanol–water partition coefficient (Wildman–Crippen LogP) is -0.816. The van der Waals surface area contributed by atoms with Crippen molar-refractivity contribution in [2.45, 2.75) is 13.0 Å². The van der Waals surface area contributed by atoms with E-state index in [9.17, 15) is 13.2 Å². The van der Waals surface area contributed by atoms with E-state index in [1.165, 1.54) is 6.92 Å². The quantitative estimate of drug-likeness (QED) is 0.365. The molecule has 1 radical (unpaired) electrons. The zero-order valence-electron chi connectivity index (χ0n) is 7.65. The van der Waals surface area contributed by atoms with Gasteiger partial charge in [0.2, 0.25) is 5.91 Å². The van der Waals surface area contributed by atoms with Gasteiger partial charge in [0.25, 0.3) is 10.1 Å². The van der Waals surface area contributed by atoms with E-state index in [4.69, 9.17) is 4.55 Å². The average molecular weight is 216 g/mol. The van der Waals surface area contributed by atoms with Crippen LogP contribution in [-0.2, 0) is 14.9 Å². The summed E-state index contributed by atoms with van der Waals surface area (Å²) >= 11 is 0. The van der Waals surface area contributed by atoms with Gasteiger partial charge in [0.05, 0.1) is 5.75 Å². The van der Waals surface area contributed by atoms with E-state index in [0.29, 0.717) is 0 Å². The third-order valence-corrected chi connectivity index (χ3v) is 1.96. The van der Waals surface area contributed by atoms with E-state index in [1.807, 2.05) is 0 Å². The minimum absolute atomic E-state index is 0. The Bertz CT molecular complexity index is 274. The molecule has 0 aromatic heterocycles. The topological polar surface area (TPSA) is 83.5 Å². The van der Waals surface area contributed by atoms with Crippen molar-refractivity contribution in [2.24, 2.45) is 0 Å². The Morgan fingerprint density at radius 3 is 2.46 bits per heavy atom. The van der Waals surface area contributed by atoms with Gasteiger partial charge in [-0.3, -0.25) is 9.35 Å². The van der Waals surface area contributed by atoms with Gasteiger partial charge in [-0.05, 0) is 13.0 Å². The first-order valence-electron chi connectivity index (χ1n) is 3.23. The Hall–Kier alpha value is 0.120. The summed E-state index contributed by atoms with van der Waals surface area (Å²) in [6.07, 6.45) is 1.03. The summed E-state index contributed by atoms with van der Waals surface area (Å²) in [6, 6.07) is -0.620. The van der Waals surface area contributed by atoms with Crippen LogP contribution >= 0.6 is 0 Å². The molecule has 0 spiro atoms. The van der Waals surface area contributed by atoms with E-state index in [0.717, 1.165) is 6.08 Å². The Morgan fingerprint density at radius 2 is 2.15 bits per heavy atom. The van der Waals surface area contributed by atoms with Crippen molar-refractivity contribution < 1.29 is 17.8 Å². The standard InChI is InChI=1S/C6H11NO4S.Na/c1-3-6(8)7-5(2)4-12(9,10)11;/h3,5H,1,4H2,2H3,(H,7,8)(H,9,10,11);. The fraction of sp³-hybridized carbons (Fsp3) is 0.500. The number of hydrogen-bond donors (Lipinski definition) is 2. The number of nitrogens with one attached hydrogen (secondary N) is 1. The van der Waals surface area contributed by atoms with Crippen molar-refractivity contribution in [3.05, 3.63) is 12.7 Å². The molecule has 0 aliphatic heterocycles. The molecule has 0 aliphatic carbocycles. The number of carbonyl (C=O) groups is 1. The largest absolute Gasteiger partial charge is 0.349 e. The first-order chi connectivity index (χ1) is 5.35.